The Hall–Kier alpha value is -3.01. The van der Waals surface area contributed by atoms with E-state index >= 15 is 0 Å². The van der Waals surface area contributed by atoms with E-state index in [-0.39, 0.29) is 18.2 Å². The smallest absolute Gasteiger partial charge is 0.192 e. The fourth-order valence-corrected chi connectivity index (χ4v) is 3.66. The van der Waals surface area contributed by atoms with Gasteiger partial charge in [-0.2, -0.15) is 5.26 Å². The van der Waals surface area contributed by atoms with Gasteiger partial charge in [-0.1, -0.05) is 41.7 Å². The number of para-hydroxylation sites is 1. The van der Waals surface area contributed by atoms with E-state index in [0.717, 1.165) is 15.9 Å². The Kier molecular flexibility index (Phi) is 5.65. The first-order valence-electron chi connectivity index (χ1n) is 7.98. The van der Waals surface area contributed by atoms with Crippen LogP contribution in [0.2, 0.25) is 0 Å². The second-order valence-corrected chi connectivity index (χ2v) is 6.59. The Bertz CT molecular complexity index is 1090. The van der Waals surface area contributed by atoms with Gasteiger partial charge in [0.05, 0.1) is 23.9 Å². The fraction of sp³-hybridized carbons (Fsp3) is 0.0500. The number of hydrogen-bond donors (Lipinski definition) is 0. The van der Waals surface area contributed by atoms with Crippen LogP contribution in [0.4, 0.5) is 15.2 Å². The summed E-state index contributed by atoms with van der Waals surface area (Å²) in [7, 11) is 0. The summed E-state index contributed by atoms with van der Waals surface area (Å²) in [6, 6.07) is 19.8. The zero-order valence-corrected chi connectivity index (χ0v) is 15.7. The van der Waals surface area contributed by atoms with Gasteiger partial charge in [-0.3, -0.25) is 0 Å². The van der Waals surface area contributed by atoms with Crippen LogP contribution in [0.5, 0.6) is 0 Å². The zero-order valence-electron chi connectivity index (χ0n) is 14.0. The molecule has 4 rings (SSSR count). The molecule has 0 saturated carbocycles. The van der Waals surface area contributed by atoms with Crippen LogP contribution < -0.4 is 4.90 Å². The van der Waals surface area contributed by atoms with Crippen molar-refractivity contribution < 1.29 is 4.39 Å². The number of hydrogen-bond acceptors (Lipinski definition) is 5. The molecule has 27 heavy (non-hydrogen) atoms. The quantitative estimate of drug-likeness (QED) is 0.459. The summed E-state index contributed by atoms with van der Waals surface area (Å²) in [6.07, 6.45) is 1.71. The summed E-state index contributed by atoms with van der Waals surface area (Å²) in [4.78, 5) is 11.5. The highest BCUT2D eigenvalue weighted by Gasteiger charge is 2.19. The van der Waals surface area contributed by atoms with Crippen LogP contribution in [0.3, 0.4) is 0 Å². The van der Waals surface area contributed by atoms with Gasteiger partial charge in [-0.05, 0) is 35.9 Å². The summed E-state index contributed by atoms with van der Waals surface area (Å²) >= 11 is 1.40. The molecule has 0 aliphatic carbocycles. The summed E-state index contributed by atoms with van der Waals surface area (Å²) in [5.74, 6) is -0.339. The maximum atomic E-state index is 14.5. The van der Waals surface area contributed by atoms with Crippen LogP contribution in [0.25, 0.3) is 10.3 Å². The molecule has 0 bridgehead atoms. The van der Waals surface area contributed by atoms with Crippen molar-refractivity contribution in [3.8, 4) is 6.07 Å². The summed E-state index contributed by atoms with van der Waals surface area (Å²) in [5.41, 5.74) is 2.56. The minimum atomic E-state index is -0.339. The van der Waals surface area contributed by atoms with Gasteiger partial charge in [0.25, 0.3) is 0 Å². The van der Waals surface area contributed by atoms with Crippen LogP contribution in [0, 0.1) is 17.1 Å². The molecular formula is C20H14ClFN4S. The number of fused-ring (bicyclic) bond motifs is 1. The van der Waals surface area contributed by atoms with Crippen LogP contribution >= 0.6 is 23.7 Å². The lowest BCUT2D eigenvalue weighted by atomic mass is 10.1. The van der Waals surface area contributed by atoms with Gasteiger partial charge in [0.1, 0.15) is 16.2 Å². The number of anilines is 2. The molecule has 0 fully saturated rings. The molecule has 2 aromatic heterocycles. The Morgan fingerprint density at radius 3 is 2.59 bits per heavy atom. The van der Waals surface area contributed by atoms with Crippen molar-refractivity contribution >= 4 is 44.9 Å². The van der Waals surface area contributed by atoms with E-state index in [4.69, 9.17) is 0 Å². The Morgan fingerprint density at radius 1 is 1.04 bits per heavy atom. The predicted octanol–water partition coefficient (Wildman–Crippen LogP) is 5.46. The molecule has 0 spiro atoms. The van der Waals surface area contributed by atoms with Gasteiger partial charge >= 0.3 is 0 Å². The summed E-state index contributed by atoms with van der Waals surface area (Å²) < 4.78 is 14.5. The molecule has 0 saturated heterocycles. The predicted molar refractivity (Wildman–Crippen MR) is 108 cm³/mol. The Morgan fingerprint density at radius 2 is 1.81 bits per heavy atom. The van der Waals surface area contributed by atoms with E-state index < -0.39 is 0 Å². The highest BCUT2D eigenvalue weighted by atomic mass is 35.5. The lowest BCUT2D eigenvalue weighted by Crippen LogP contribution is -2.18. The molecule has 0 aliphatic rings. The molecule has 2 aromatic carbocycles. The molecule has 7 heteroatoms. The number of halogens is 2. The minimum absolute atomic E-state index is 0. The molecule has 0 unspecified atom stereocenters. The van der Waals surface area contributed by atoms with Crippen molar-refractivity contribution in [1.29, 1.82) is 5.26 Å². The van der Waals surface area contributed by atoms with Gasteiger partial charge in [0.2, 0.25) is 0 Å². The molecule has 0 N–H and O–H groups in total. The number of nitrogens with zero attached hydrogens (tertiary/aromatic N) is 4. The first kappa shape index (κ1) is 18.8. The Balaban J connectivity index is 0.00000210. The zero-order chi connectivity index (χ0) is 17.9. The summed E-state index contributed by atoms with van der Waals surface area (Å²) in [6.45, 7) is 0.338. The number of pyridine rings is 1. The molecule has 0 radical (unpaired) electrons. The van der Waals surface area contributed by atoms with Crippen molar-refractivity contribution in [1.82, 2.24) is 9.97 Å². The van der Waals surface area contributed by atoms with E-state index in [1.54, 1.807) is 35.4 Å². The van der Waals surface area contributed by atoms with E-state index in [1.165, 1.54) is 17.4 Å². The molecule has 0 amide bonds. The molecule has 2 heterocycles. The molecule has 4 aromatic rings. The number of thiazole rings is 1. The van der Waals surface area contributed by atoms with Crippen molar-refractivity contribution in [3.05, 3.63) is 83.8 Å². The lowest BCUT2D eigenvalue weighted by molar-refractivity contribution is 0.624. The van der Waals surface area contributed by atoms with Gasteiger partial charge in [-0.25, -0.2) is 14.4 Å². The van der Waals surface area contributed by atoms with E-state index in [1.807, 2.05) is 30.3 Å². The molecule has 0 atom stereocenters. The third-order valence-corrected chi connectivity index (χ3v) is 5.00. The van der Waals surface area contributed by atoms with Crippen molar-refractivity contribution in [2.45, 2.75) is 6.54 Å². The van der Waals surface area contributed by atoms with E-state index in [0.29, 0.717) is 22.9 Å². The van der Waals surface area contributed by atoms with Crippen molar-refractivity contribution in [2.24, 2.45) is 0 Å². The van der Waals surface area contributed by atoms with Gasteiger partial charge < -0.3 is 4.90 Å². The largest absolute Gasteiger partial charge is 0.311 e. The molecule has 0 aliphatic heterocycles. The van der Waals surface area contributed by atoms with E-state index in [9.17, 15) is 9.65 Å². The second kappa shape index (κ2) is 8.12. The number of nitriles is 1. The third kappa shape index (κ3) is 3.75. The maximum Gasteiger partial charge on any atom is 0.192 e. The first-order chi connectivity index (χ1) is 12.8. The van der Waals surface area contributed by atoms with Gasteiger partial charge in [-0.15, -0.1) is 12.4 Å². The highest BCUT2D eigenvalue weighted by Crippen LogP contribution is 2.35. The number of benzene rings is 2. The highest BCUT2D eigenvalue weighted by molar-refractivity contribution is 7.21. The molecule has 4 nitrogen and oxygen atoms in total. The minimum Gasteiger partial charge on any atom is -0.311 e. The third-order valence-electron chi connectivity index (χ3n) is 4.00. The number of rotatable bonds is 4. The standard InChI is InChI=1S/C20H13FN4S.ClH/c21-16-8-3-4-10-18(16)25(13-15-7-2-1-6-14(15)12-22)20-24-17-9-5-11-23-19(17)26-20;/h1-11H,13H2;1H. The summed E-state index contributed by atoms with van der Waals surface area (Å²) in [5, 5.41) is 10.0. The lowest BCUT2D eigenvalue weighted by Gasteiger charge is -2.23. The van der Waals surface area contributed by atoms with Crippen LogP contribution in [0.1, 0.15) is 11.1 Å². The average molecular weight is 397 g/mol. The van der Waals surface area contributed by atoms with Crippen LogP contribution in [-0.4, -0.2) is 9.97 Å². The Labute approximate surface area is 166 Å². The average Bonchev–Trinajstić information content (AvgIpc) is 3.11. The van der Waals surface area contributed by atoms with Crippen LogP contribution in [-0.2, 0) is 6.54 Å². The van der Waals surface area contributed by atoms with Crippen molar-refractivity contribution in [3.63, 3.8) is 0 Å². The molecular weight excluding hydrogens is 383 g/mol. The van der Waals surface area contributed by atoms with Gasteiger partial charge in [0, 0.05) is 6.20 Å². The topological polar surface area (TPSA) is 52.8 Å². The van der Waals surface area contributed by atoms with Gasteiger partial charge in [0.15, 0.2) is 5.13 Å². The van der Waals surface area contributed by atoms with E-state index in [2.05, 4.69) is 16.0 Å². The normalized spacial score (nSPS) is 10.2. The number of aromatic nitrogens is 2. The van der Waals surface area contributed by atoms with Crippen molar-refractivity contribution in [2.75, 3.05) is 4.90 Å². The maximum absolute atomic E-state index is 14.5. The van der Waals surface area contributed by atoms with Crippen LogP contribution in [0.15, 0.2) is 66.9 Å². The SMILES string of the molecule is Cl.N#Cc1ccccc1CN(c1nc2cccnc2s1)c1ccccc1F. The second-order valence-electron chi connectivity index (χ2n) is 5.63. The fourth-order valence-electron chi connectivity index (χ4n) is 2.74. The first-order valence-corrected chi connectivity index (χ1v) is 8.79. The monoisotopic (exact) mass is 396 g/mol. The molecule has 134 valence electrons.